The van der Waals surface area contributed by atoms with Crippen molar-refractivity contribution in [3.8, 4) is 5.75 Å². The second-order valence-electron chi connectivity index (χ2n) is 4.24. The Balaban J connectivity index is 2.45. The van der Waals surface area contributed by atoms with Gasteiger partial charge in [0.05, 0.1) is 0 Å². The van der Waals surface area contributed by atoms with Crippen LogP contribution in [0, 0.1) is 13.8 Å². The molecule has 0 aliphatic rings. The summed E-state index contributed by atoms with van der Waals surface area (Å²) in [5.74, 6) is 0.560. The largest absolute Gasteiger partial charge is 0.484 e. The van der Waals surface area contributed by atoms with Gasteiger partial charge < -0.3 is 15.8 Å². The van der Waals surface area contributed by atoms with E-state index in [1.54, 1.807) is 0 Å². The summed E-state index contributed by atoms with van der Waals surface area (Å²) in [5.41, 5.74) is 7.77. The number of benzene rings is 1. The van der Waals surface area contributed by atoms with Gasteiger partial charge in [0.25, 0.3) is 5.91 Å². The third-order valence-electron chi connectivity index (χ3n) is 2.61. The van der Waals surface area contributed by atoms with Crippen molar-refractivity contribution in [2.45, 2.75) is 26.8 Å². The van der Waals surface area contributed by atoms with Crippen LogP contribution >= 0.6 is 0 Å². The summed E-state index contributed by atoms with van der Waals surface area (Å²) < 4.78 is 5.40. The van der Waals surface area contributed by atoms with Crippen LogP contribution in [0.5, 0.6) is 5.75 Å². The Bertz CT molecular complexity index is 391. The molecule has 4 nitrogen and oxygen atoms in total. The molecule has 0 spiro atoms. The Labute approximate surface area is 102 Å². The zero-order valence-corrected chi connectivity index (χ0v) is 10.6. The Morgan fingerprint density at radius 2 is 2.12 bits per heavy atom. The normalized spacial score (nSPS) is 12.0. The van der Waals surface area contributed by atoms with Crippen LogP contribution < -0.4 is 15.8 Å². The van der Waals surface area contributed by atoms with Gasteiger partial charge in [-0.05, 0) is 44.0 Å². The number of nitrogens with one attached hydrogen (secondary N) is 1. The van der Waals surface area contributed by atoms with Crippen molar-refractivity contribution in [3.63, 3.8) is 0 Å². The molecule has 1 amide bonds. The highest BCUT2D eigenvalue weighted by Gasteiger charge is 2.06. The minimum Gasteiger partial charge on any atom is -0.484 e. The number of ether oxygens (including phenoxy) is 1. The minimum atomic E-state index is -0.152. The molecule has 1 aromatic carbocycles. The predicted molar refractivity (Wildman–Crippen MR) is 68.1 cm³/mol. The first-order valence-corrected chi connectivity index (χ1v) is 5.72. The van der Waals surface area contributed by atoms with Gasteiger partial charge in [-0.2, -0.15) is 0 Å². The molecule has 0 radical (unpaired) electrons. The zero-order valence-electron chi connectivity index (χ0n) is 10.6. The van der Waals surface area contributed by atoms with Crippen molar-refractivity contribution >= 4 is 5.91 Å². The second kappa shape index (κ2) is 6.25. The first-order valence-electron chi connectivity index (χ1n) is 5.72. The van der Waals surface area contributed by atoms with Crippen molar-refractivity contribution in [1.82, 2.24) is 5.32 Å². The van der Waals surface area contributed by atoms with E-state index in [9.17, 15) is 4.79 Å². The first-order chi connectivity index (χ1) is 8.02. The van der Waals surface area contributed by atoms with Gasteiger partial charge in [-0.25, -0.2) is 0 Å². The fourth-order valence-electron chi connectivity index (χ4n) is 1.33. The summed E-state index contributed by atoms with van der Waals surface area (Å²) in [6.45, 7) is 6.35. The molecular formula is C13H20N2O2. The minimum absolute atomic E-state index is 0.0207. The molecule has 94 valence electrons. The SMILES string of the molecule is Cc1ccc(OCC(=O)N[C@@H](C)CN)cc1C. The van der Waals surface area contributed by atoms with Gasteiger partial charge in [-0.1, -0.05) is 6.07 Å². The third-order valence-corrected chi connectivity index (χ3v) is 2.61. The molecule has 0 unspecified atom stereocenters. The molecular weight excluding hydrogens is 216 g/mol. The lowest BCUT2D eigenvalue weighted by atomic mass is 10.1. The summed E-state index contributed by atoms with van der Waals surface area (Å²) in [6, 6.07) is 5.74. The quantitative estimate of drug-likeness (QED) is 0.806. The zero-order chi connectivity index (χ0) is 12.8. The fourth-order valence-corrected chi connectivity index (χ4v) is 1.33. The van der Waals surface area contributed by atoms with Gasteiger partial charge >= 0.3 is 0 Å². The molecule has 0 fully saturated rings. The number of nitrogens with two attached hydrogens (primary N) is 1. The number of aryl methyl sites for hydroxylation is 2. The standard InChI is InChI=1S/C13H20N2O2/c1-9-4-5-12(6-10(9)2)17-8-13(16)15-11(3)7-14/h4-6,11H,7-8,14H2,1-3H3,(H,15,16)/t11-/m0/s1. The molecule has 0 aromatic heterocycles. The van der Waals surface area contributed by atoms with E-state index in [1.807, 2.05) is 39.0 Å². The lowest BCUT2D eigenvalue weighted by molar-refractivity contribution is -0.123. The van der Waals surface area contributed by atoms with E-state index < -0.39 is 0 Å². The van der Waals surface area contributed by atoms with Crippen LogP contribution in [-0.4, -0.2) is 25.1 Å². The van der Waals surface area contributed by atoms with Crippen LogP contribution in [-0.2, 0) is 4.79 Å². The molecule has 17 heavy (non-hydrogen) atoms. The fraction of sp³-hybridized carbons (Fsp3) is 0.462. The average molecular weight is 236 g/mol. The summed E-state index contributed by atoms with van der Waals surface area (Å²) in [6.07, 6.45) is 0. The van der Waals surface area contributed by atoms with Crippen LogP contribution in [0.4, 0.5) is 0 Å². The molecule has 4 heteroatoms. The summed E-state index contributed by atoms with van der Waals surface area (Å²) >= 11 is 0. The Morgan fingerprint density at radius 1 is 1.41 bits per heavy atom. The highest BCUT2D eigenvalue weighted by Crippen LogP contribution is 2.16. The monoisotopic (exact) mass is 236 g/mol. The predicted octanol–water partition coefficient (Wildman–Crippen LogP) is 1.15. The smallest absolute Gasteiger partial charge is 0.258 e. The van der Waals surface area contributed by atoms with Gasteiger partial charge in [0.2, 0.25) is 0 Å². The van der Waals surface area contributed by atoms with Crippen molar-refractivity contribution in [2.75, 3.05) is 13.2 Å². The Hall–Kier alpha value is -1.55. The van der Waals surface area contributed by atoms with Gasteiger partial charge in [0, 0.05) is 12.6 Å². The van der Waals surface area contributed by atoms with Crippen molar-refractivity contribution in [2.24, 2.45) is 5.73 Å². The van der Waals surface area contributed by atoms with E-state index in [0.29, 0.717) is 12.3 Å². The van der Waals surface area contributed by atoms with E-state index >= 15 is 0 Å². The lowest BCUT2D eigenvalue weighted by Crippen LogP contribution is -2.40. The first kappa shape index (κ1) is 13.5. The molecule has 1 atom stereocenters. The van der Waals surface area contributed by atoms with Crippen LogP contribution in [0.15, 0.2) is 18.2 Å². The number of carbonyl (C=O) groups excluding carboxylic acids is 1. The number of carbonyl (C=O) groups is 1. The van der Waals surface area contributed by atoms with Crippen molar-refractivity contribution in [3.05, 3.63) is 29.3 Å². The molecule has 1 rings (SSSR count). The van der Waals surface area contributed by atoms with Crippen molar-refractivity contribution < 1.29 is 9.53 Å². The van der Waals surface area contributed by atoms with Crippen LogP contribution in [0.3, 0.4) is 0 Å². The average Bonchev–Trinajstić information content (AvgIpc) is 2.30. The maximum atomic E-state index is 11.4. The number of hydrogen-bond donors (Lipinski definition) is 2. The number of hydrogen-bond acceptors (Lipinski definition) is 3. The maximum absolute atomic E-state index is 11.4. The highest BCUT2D eigenvalue weighted by molar-refractivity contribution is 5.77. The van der Waals surface area contributed by atoms with E-state index in [-0.39, 0.29) is 18.6 Å². The van der Waals surface area contributed by atoms with Crippen LogP contribution in [0.2, 0.25) is 0 Å². The Morgan fingerprint density at radius 3 is 2.71 bits per heavy atom. The van der Waals surface area contributed by atoms with Crippen LogP contribution in [0.1, 0.15) is 18.1 Å². The highest BCUT2D eigenvalue weighted by atomic mass is 16.5. The number of rotatable bonds is 5. The second-order valence-corrected chi connectivity index (χ2v) is 4.24. The van der Waals surface area contributed by atoms with Gasteiger partial charge in [0.1, 0.15) is 5.75 Å². The van der Waals surface area contributed by atoms with Crippen molar-refractivity contribution in [1.29, 1.82) is 0 Å². The van der Waals surface area contributed by atoms with E-state index in [0.717, 1.165) is 5.56 Å². The molecule has 0 heterocycles. The molecule has 0 aliphatic heterocycles. The molecule has 3 N–H and O–H groups in total. The topological polar surface area (TPSA) is 64.3 Å². The van der Waals surface area contributed by atoms with E-state index in [1.165, 1.54) is 5.56 Å². The summed E-state index contributed by atoms with van der Waals surface area (Å²) in [7, 11) is 0. The molecule has 1 aromatic rings. The van der Waals surface area contributed by atoms with E-state index in [4.69, 9.17) is 10.5 Å². The van der Waals surface area contributed by atoms with Gasteiger partial charge in [0.15, 0.2) is 6.61 Å². The molecule has 0 aliphatic carbocycles. The molecule has 0 saturated heterocycles. The Kier molecular flexibility index (Phi) is 4.97. The summed E-state index contributed by atoms with van der Waals surface area (Å²) in [5, 5.41) is 2.74. The third kappa shape index (κ3) is 4.44. The van der Waals surface area contributed by atoms with Gasteiger partial charge in [-0.3, -0.25) is 4.79 Å². The van der Waals surface area contributed by atoms with Crippen LogP contribution in [0.25, 0.3) is 0 Å². The number of amides is 1. The lowest BCUT2D eigenvalue weighted by Gasteiger charge is -2.12. The van der Waals surface area contributed by atoms with E-state index in [2.05, 4.69) is 5.32 Å². The van der Waals surface area contributed by atoms with Gasteiger partial charge in [-0.15, -0.1) is 0 Å². The molecule has 0 bridgehead atoms. The maximum Gasteiger partial charge on any atom is 0.258 e. The molecule has 0 saturated carbocycles. The summed E-state index contributed by atoms with van der Waals surface area (Å²) in [4.78, 5) is 11.4.